The fourth-order valence-corrected chi connectivity index (χ4v) is 2.51. The monoisotopic (exact) mass is 263 g/mol. The van der Waals surface area contributed by atoms with Gasteiger partial charge in [-0.1, -0.05) is 12.8 Å². The lowest BCUT2D eigenvalue weighted by Crippen LogP contribution is -2.20. The van der Waals surface area contributed by atoms with Crippen molar-refractivity contribution in [1.82, 2.24) is 0 Å². The molecule has 19 heavy (non-hydrogen) atoms. The summed E-state index contributed by atoms with van der Waals surface area (Å²) in [7, 11) is 0. The zero-order valence-corrected chi connectivity index (χ0v) is 11.3. The molecule has 0 aromatic heterocycles. The van der Waals surface area contributed by atoms with Gasteiger partial charge in [-0.2, -0.15) is 0 Å². The molecule has 4 heteroatoms. The molecule has 1 amide bonds. The van der Waals surface area contributed by atoms with Gasteiger partial charge < -0.3 is 15.2 Å². The van der Waals surface area contributed by atoms with E-state index in [0.717, 1.165) is 31.4 Å². The lowest BCUT2D eigenvalue weighted by molar-refractivity contribution is -0.119. The second-order valence-corrected chi connectivity index (χ2v) is 4.88. The number of anilines is 1. The lowest BCUT2D eigenvalue weighted by atomic mass is 10.1. The van der Waals surface area contributed by atoms with Crippen molar-refractivity contribution in [3.05, 3.63) is 23.8 Å². The standard InChI is InChI=1S/C15H21NO3/c1-2-19-14-8-7-13(9-12(14)10-17)16-15(18)11-5-3-4-6-11/h7-9,11,17H,2-6,10H2,1H3,(H,16,18). The van der Waals surface area contributed by atoms with Gasteiger partial charge in [0.05, 0.1) is 13.2 Å². The van der Waals surface area contributed by atoms with Gasteiger partial charge in [0, 0.05) is 17.2 Å². The predicted octanol–water partition coefficient (Wildman–Crippen LogP) is 2.71. The first kappa shape index (κ1) is 13.9. The molecule has 1 aliphatic rings. The summed E-state index contributed by atoms with van der Waals surface area (Å²) in [4.78, 5) is 12.0. The summed E-state index contributed by atoms with van der Waals surface area (Å²) in [5.41, 5.74) is 1.43. The Kier molecular flexibility index (Phi) is 4.80. The van der Waals surface area contributed by atoms with Crippen LogP contribution in [0.25, 0.3) is 0 Å². The fraction of sp³-hybridized carbons (Fsp3) is 0.533. The van der Waals surface area contributed by atoms with Crippen LogP contribution in [-0.4, -0.2) is 17.6 Å². The number of carbonyl (C=O) groups is 1. The highest BCUT2D eigenvalue weighted by Crippen LogP contribution is 2.27. The molecule has 0 bridgehead atoms. The third-order valence-corrected chi connectivity index (χ3v) is 3.52. The average Bonchev–Trinajstić information content (AvgIpc) is 2.94. The van der Waals surface area contributed by atoms with E-state index < -0.39 is 0 Å². The predicted molar refractivity (Wildman–Crippen MR) is 74.1 cm³/mol. The lowest BCUT2D eigenvalue weighted by Gasteiger charge is -2.13. The first-order valence-electron chi connectivity index (χ1n) is 6.92. The smallest absolute Gasteiger partial charge is 0.227 e. The number of nitrogens with one attached hydrogen (secondary N) is 1. The zero-order valence-electron chi connectivity index (χ0n) is 11.3. The Balaban J connectivity index is 2.05. The molecule has 2 rings (SSSR count). The van der Waals surface area contributed by atoms with Crippen molar-refractivity contribution in [2.45, 2.75) is 39.2 Å². The van der Waals surface area contributed by atoms with Gasteiger partial charge >= 0.3 is 0 Å². The maximum atomic E-state index is 12.0. The Hall–Kier alpha value is -1.55. The van der Waals surface area contributed by atoms with Crippen molar-refractivity contribution in [2.24, 2.45) is 5.92 Å². The van der Waals surface area contributed by atoms with E-state index in [0.29, 0.717) is 17.9 Å². The fourth-order valence-electron chi connectivity index (χ4n) is 2.51. The second kappa shape index (κ2) is 6.57. The molecule has 0 spiro atoms. The van der Waals surface area contributed by atoms with Gasteiger partial charge in [-0.15, -0.1) is 0 Å². The Morgan fingerprint density at radius 1 is 1.42 bits per heavy atom. The molecule has 4 nitrogen and oxygen atoms in total. The van der Waals surface area contributed by atoms with E-state index in [1.54, 1.807) is 12.1 Å². The van der Waals surface area contributed by atoms with Crippen LogP contribution in [0, 0.1) is 5.92 Å². The van der Waals surface area contributed by atoms with Crippen molar-refractivity contribution >= 4 is 11.6 Å². The number of carbonyl (C=O) groups excluding carboxylic acids is 1. The SMILES string of the molecule is CCOc1ccc(NC(=O)C2CCCC2)cc1CO. The molecule has 1 aromatic carbocycles. The highest BCUT2D eigenvalue weighted by molar-refractivity contribution is 5.92. The van der Waals surface area contributed by atoms with Gasteiger partial charge in [-0.05, 0) is 38.0 Å². The molecule has 1 fully saturated rings. The average molecular weight is 263 g/mol. The molecule has 0 saturated heterocycles. The van der Waals surface area contributed by atoms with Crippen LogP contribution in [0.15, 0.2) is 18.2 Å². The van der Waals surface area contributed by atoms with Crippen molar-refractivity contribution in [3.8, 4) is 5.75 Å². The Labute approximate surface area is 113 Å². The second-order valence-electron chi connectivity index (χ2n) is 4.88. The number of ether oxygens (including phenoxy) is 1. The third kappa shape index (κ3) is 3.47. The van der Waals surface area contributed by atoms with Gasteiger partial charge in [0.1, 0.15) is 5.75 Å². The summed E-state index contributed by atoms with van der Waals surface area (Å²) in [6, 6.07) is 5.38. The largest absolute Gasteiger partial charge is 0.494 e. The highest BCUT2D eigenvalue weighted by Gasteiger charge is 2.22. The molecule has 0 atom stereocenters. The van der Waals surface area contributed by atoms with Crippen molar-refractivity contribution in [2.75, 3.05) is 11.9 Å². The molecule has 1 saturated carbocycles. The van der Waals surface area contributed by atoms with Crippen molar-refractivity contribution < 1.29 is 14.6 Å². The van der Waals surface area contributed by atoms with Crippen LogP contribution in [0.3, 0.4) is 0 Å². The molecule has 0 radical (unpaired) electrons. The topological polar surface area (TPSA) is 58.6 Å². The summed E-state index contributed by atoms with van der Waals surface area (Å²) < 4.78 is 5.41. The van der Waals surface area contributed by atoms with Gasteiger partial charge in [0.15, 0.2) is 0 Å². The van der Waals surface area contributed by atoms with E-state index >= 15 is 0 Å². The van der Waals surface area contributed by atoms with Crippen LogP contribution >= 0.6 is 0 Å². The molecule has 0 unspecified atom stereocenters. The van der Waals surface area contributed by atoms with E-state index in [4.69, 9.17) is 4.74 Å². The minimum absolute atomic E-state index is 0.0885. The van der Waals surface area contributed by atoms with E-state index in [9.17, 15) is 9.90 Å². The molecular formula is C15H21NO3. The van der Waals surface area contributed by atoms with Crippen LogP contribution in [0.5, 0.6) is 5.75 Å². The molecule has 1 aliphatic carbocycles. The van der Waals surface area contributed by atoms with E-state index in [2.05, 4.69) is 5.32 Å². The molecular weight excluding hydrogens is 242 g/mol. The van der Waals surface area contributed by atoms with E-state index in [1.165, 1.54) is 0 Å². The molecule has 104 valence electrons. The number of hydrogen-bond donors (Lipinski definition) is 2. The maximum absolute atomic E-state index is 12.0. The van der Waals surface area contributed by atoms with Crippen LogP contribution in [-0.2, 0) is 11.4 Å². The molecule has 0 aliphatic heterocycles. The van der Waals surface area contributed by atoms with Crippen LogP contribution in [0.2, 0.25) is 0 Å². The third-order valence-electron chi connectivity index (χ3n) is 3.52. The number of amides is 1. The van der Waals surface area contributed by atoms with Crippen LogP contribution < -0.4 is 10.1 Å². The van der Waals surface area contributed by atoms with Crippen molar-refractivity contribution in [3.63, 3.8) is 0 Å². The summed E-state index contributed by atoms with van der Waals surface area (Å²) >= 11 is 0. The molecule has 1 aromatic rings. The van der Waals surface area contributed by atoms with Gasteiger partial charge in [-0.25, -0.2) is 0 Å². The Morgan fingerprint density at radius 3 is 2.79 bits per heavy atom. The van der Waals surface area contributed by atoms with E-state index in [1.807, 2.05) is 13.0 Å². The van der Waals surface area contributed by atoms with Gasteiger partial charge in [-0.3, -0.25) is 4.79 Å². The quantitative estimate of drug-likeness (QED) is 0.858. The number of benzene rings is 1. The maximum Gasteiger partial charge on any atom is 0.227 e. The molecule has 0 heterocycles. The minimum Gasteiger partial charge on any atom is -0.494 e. The van der Waals surface area contributed by atoms with Gasteiger partial charge in [0.2, 0.25) is 5.91 Å². The van der Waals surface area contributed by atoms with Crippen LogP contribution in [0.1, 0.15) is 38.2 Å². The van der Waals surface area contributed by atoms with Crippen LogP contribution in [0.4, 0.5) is 5.69 Å². The number of aliphatic hydroxyl groups excluding tert-OH is 1. The summed E-state index contributed by atoms with van der Waals surface area (Å²) in [5.74, 6) is 0.901. The summed E-state index contributed by atoms with van der Waals surface area (Å²) in [5, 5.41) is 12.2. The Morgan fingerprint density at radius 2 is 2.16 bits per heavy atom. The first-order chi connectivity index (χ1) is 9.24. The zero-order chi connectivity index (χ0) is 13.7. The summed E-state index contributed by atoms with van der Waals surface area (Å²) in [6.45, 7) is 2.36. The number of aliphatic hydroxyl groups is 1. The van der Waals surface area contributed by atoms with E-state index in [-0.39, 0.29) is 18.4 Å². The Bertz CT molecular complexity index is 439. The highest BCUT2D eigenvalue weighted by atomic mass is 16.5. The summed E-state index contributed by atoms with van der Waals surface area (Å²) in [6.07, 6.45) is 4.25. The number of rotatable bonds is 5. The number of hydrogen-bond acceptors (Lipinski definition) is 3. The van der Waals surface area contributed by atoms with Crippen molar-refractivity contribution in [1.29, 1.82) is 0 Å². The molecule has 2 N–H and O–H groups in total. The minimum atomic E-state index is -0.0948. The first-order valence-corrected chi connectivity index (χ1v) is 6.92. The van der Waals surface area contributed by atoms with Gasteiger partial charge in [0.25, 0.3) is 0 Å². The normalized spacial score (nSPS) is 15.5.